The first-order valence-electron chi connectivity index (χ1n) is 2.52. The Morgan fingerprint density at radius 3 is 1.21 bits per heavy atom. The normalized spacial score (nSPS) is 8.07. The third-order valence-electron chi connectivity index (χ3n) is 1.06. The molecule has 0 spiro atoms. The molecule has 0 atom stereocenters. The van der Waals surface area contributed by atoms with Gasteiger partial charge in [-0.25, -0.2) is 22.0 Å². The van der Waals surface area contributed by atoms with Crippen molar-refractivity contribution in [2.75, 3.05) is 0 Å². The predicted octanol–water partition coefficient (Wildman–Crippen LogP) is -3.99. The van der Waals surface area contributed by atoms with E-state index in [9.17, 15) is 22.0 Å². The van der Waals surface area contributed by atoms with Crippen LogP contribution >= 0.6 is 0 Å². The van der Waals surface area contributed by atoms with Gasteiger partial charge in [-0.2, -0.15) is 0 Å². The first-order valence-corrected chi connectivity index (χ1v) is 2.52. The molecular formula is C6HCl2F5Mg. The quantitative estimate of drug-likeness (QED) is 0.194. The van der Waals surface area contributed by atoms with Crippen LogP contribution in [-0.4, -0.2) is 23.1 Å². The van der Waals surface area contributed by atoms with Crippen molar-refractivity contribution in [3.63, 3.8) is 0 Å². The largest absolute Gasteiger partial charge is 2.00 e. The maximum Gasteiger partial charge on any atom is 2.00 e. The molecule has 0 amide bonds. The molecule has 0 aliphatic rings. The average molecular weight is 263 g/mol. The molecule has 0 aromatic heterocycles. The Morgan fingerprint density at radius 1 is 0.643 bits per heavy atom. The van der Waals surface area contributed by atoms with Gasteiger partial charge in [-0.3, -0.25) is 0 Å². The van der Waals surface area contributed by atoms with Crippen molar-refractivity contribution in [3.8, 4) is 0 Å². The molecule has 1 aromatic rings. The van der Waals surface area contributed by atoms with E-state index in [1.54, 1.807) is 0 Å². The van der Waals surface area contributed by atoms with Gasteiger partial charge in [-0.1, -0.05) is 0 Å². The Hall–Kier alpha value is 0.216. The molecule has 0 heterocycles. The molecule has 0 aliphatic heterocycles. The number of hydrogen-bond acceptors (Lipinski definition) is 0. The maximum absolute atomic E-state index is 12.0. The van der Waals surface area contributed by atoms with Crippen LogP contribution in [0, 0.1) is 29.1 Å². The minimum Gasteiger partial charge on any atom is -1.00 e. The summed E-state index contributed by atoms with van der Waals surface area (Å²) in [6, 6.07) is -0.0618. The van der Waals surface area contributed by atoms with E-state index in [1.807, 2.05) is 0 Å². The molecular weight excluding hydrogens is 262 g/mol. The Labute approximate surface area is 105 Å². The van der Waals surface area contributed by atoms with Crippen LogP contribution in [0.4, 0.5) is 22.0 Å². The summed E-state index contributed by atoms with van der Waals surface area (Å²) in [5.74, 6) is -9.65. The van der Waals surface area contributed by atoms with Crippen LogP contribution in [0.1, 0.15) is 0 Å². The van der Waals surface area contributed by atoms with E-state index < -0.39 is 29.1 Å². The van der Waals surface area contributed by atoms with Crippen LogP contribution in [0.5, 0.6) is 0 Å². The van der Waals surface area contributed by atoms with Crippen LogP contribution in [0.25, 0.3) is 0 Å². The summed E-state index contributed by atoms with van der Waals surface area (Å²) in [4.78, 5) is 0. The van der Waals surface area contributed by atoms with E-state index in [1.165, 1.54) is 0 Å². The Bertz CT molecular complexity index is 281. The number of benzene rings is 1. The van der Waals surface area contributed by atoms with Gasteiger partial charge in [0.05, 0.1) is 0 Å². The van der Waals surface area contributed by atoms with Gasteiger partial charge in [0.1, 0.15) is 0 Å². The molecule has 0 unspecified atom stereocenters. The van der Waals surface area contributed by atoms with Gasteiger partial charge >= 0.3 is 23.1 Å². The molecule has 76 valence electrons. The van der Waals surface area contributed by atoms with Crippen LogP contribution < -0.4 is 24.8 Å². The van der Waals surface area contributed by atoms with E-state index in [4.69, 9.17) is 0 Å². The van der Waals surface area contributed by atoms with Crippen molar-refractivity contribution in [2.45, 2.75) is 0 Å². The van der Waals surface area contributed by atoms with Crippen molar-refractivity contribution >= 4 is 23.1 Å². The van der Waals surface area contributed by atoms with Crippen molar-refractivity contribution in [1.29, 1.82) is 0 Å². The van der Waals surface area contributed by atoms with E-state index in [-0.39, 0.29) is 53.9 Å². The molecule has 14 heavy (non-hydrogen) atoms. The Morgan fingerprint density at radius 2 is 0.929 bits per heavy atom. The third-order valence-corrected chi connectivity index (χ3v) is 1.06. The summed E-state index contributed by atoms with van der Waals surface area (Å²) in [5, 5.41) is 0. The zero-order valence-electron chi connectivity index (χ0n) is 6.43. The fourth-order valence-corrected chi connectivity index (χ4v) is 0.544. The van der Waals surface area contributed by atoms with Crippen LogP contribution in [0.3, 0.4) is 0 Å². The zero-order valence-corrected chi connectivity index (χ0v) is 9.36. The van der Waals surface area contributed by atoms with Gasteiger partial charge < -0.3 is 24.8 Å². The molecule has 0 N–H and O–H groups in total. The van der Waals surface area contributed by atoms with Gasteiger partial charge in [0.25, 0.3) is 0 Å². The van der Waals surface area contributed by atoms with Crippen molar-refractivity contribution in [1.82, 2.24) is 0 Å². The van der Waals surface area contributed by atoms with Gasteiger partial charge in [0.2, 0.25) is 5.82 Å². The molecule has 0 fully saturated rings. The summed E-state index contributed by atoms with van der Waals surface area (Å²) in [7, 11) is 0. The van der Waals surface area contributed by atoms with Gasteiger partial charge in [-0.05, 0) is 0 Å². The Kier molecular flexibility index (Phi) is 10.6. The van der Waals surface area contributed by atoms with E-state index in [0.717, 1.165) is 0 Å². The summed E-state index contributed by atoms with van der Waals surface area (Å²) in [6.07, 6.45) is 0. The third kappa shape index (κ3) is 3.76. The topological polar surface area (TPSA) is 0 Å². The minimum atomic E-state index is -2.14. The molecule has 1 rings (SSSR count). The molecule has 0 saturated carbocycles. The number of halogens is 7. The fraction of sp³-hybridized carbons (Fsp3) is 0. The van der Waals surface area contributed by atoms with Crippen molar-refractivity contribution in [2.24, 2.45) is 0 Å². The summed E-state index contributed by atoms with van der Waals surface area (Å²) < 4.78 is 60.0. The SMILES string of the molecule is Fc1cc(F)c(F)c(F)c1F.[Cl-].[Cl-].[Mg+2]. The molecule has 0 nitrogen and oxygen atoms in total. The number of rotatable bonds is 0. The van der Waals surface area contributed by atoms with Gasteiger partial charge in [0.15, 0.2) is 23.3 Å². The molecule has 0 aliphatic carbocycles. The van der Waals surface area contributed by atoms with E-state index in [0.29, 0.717) is 0 Å². The molecule has 8 heteroatoms. The smallest absolute Gasteiger partial charge is 1.00 e. The van der Waals surface area contributed by atoms with Gasteiger partial charge in [-0.15, -0.1) is 0 Å². The molecule has 0 bridgehead atoms. The fourth-order valence-electron chi connectivity index (χ4n) is 0.544. The van der Waals surface area contributed by atoms with Crippen molar-refractivity contribution < 1.29 is 46.8 Å². The maximum atomic E-state index is 12.0. The monoisotopic (exact) mass is 262 g/mol. The van der Waals surface area contributed by atoms with Crippen molar-refractivity contribution in [3.05, 3.63) is 35.2 Å². The van der Waals surface area contributed by atoms with Crippen LogP contribution in [0.15, 0.2) is 6.07 Å². The minimum absolute atomic E-state index is 0. The van der Waals surface area contributed by atoms with E-state index >= 15 is 0 Å². The second-order valence-corrected chi connectivity index (χ2v) is 1.78. The van der Waals surface area contributed by atoms with Gasteiger partial charge in [0, 0.05) is 6.07 Å². The van der Waals surface area contributed by atoms with Crippen LogP contribution in [-0.2, 0) is 0 Å². The number of hydrogen-bond donors (Lipinski definition) is 0. The molecule has 1 aromatic carbocycles. The second-order valence-electron chi connectivity index (χ2n) is 1.78. The zero-order chi connectivity index (χ0) is 8.59. The van der Waals surface area contributed by atoms with E-state index in [2.05, 4.69) is 0 Å². The van der Waals surface area contributed by atoms with Crippen LogP contribution in [0.2, 0.25) is 0 Å². The standard InChI is InChI=1S/C6HF5.2ClH.Mg/c7-2-1-3(8)5(10)6(11)4(2)9;;;/h1H;2*1H;/q;;;+2/p-2. The average Bonchev–Trinajstić information content (AvgIpc) is 1.97. The second kappa shape index (κ2) is 7.50. The summed E-state index contributed by atoms with van der Waals surface area (Å²) in [6.45, 7) is 0. The Balaban J connectivity index is -0.000000403. The first kappa shape index (κ1) is 19.7. The first-order chi connectivity index (χ1) is 5.04. The predicted molar refractivity (Wildman–Crippen MR) is 32.0 cm³/mol. The summed E-state index contributed by atoms with van der Waals surface area (Å²) in [5.41, 5.74) is 0. The summed E-state index contributed by atoms with van der Waals surface area (Å²) >= 11 is 0. The molecule has 0 saturated heterocycles. The molecule has 0 radical (unpaired) electrons.